The van der Waals surface area contributed by atoms with Crippen LogP contribution in [0.5, 0.6) is 0 Å². The van der Waals surface area contributed by atoms with Gasteiger partial charge in [0.05, 0.1) is 26.3 Å². The number of amides is 2. The highest BCUT2D eigenvalue weighted by Gasteiger charge is 2.35. The fraction of sp³-hybridized carbons (Fsp3) is 0.520. The molecule has 32 heavy (non-hydrogen) atoms. The third kappa shape index (κ3) is 6.64. The Labute approximate surface area is 194 Å². The van der Waals surface area contributed by atoms with Crippen molar-refractivity contribution in [2.45, 2.75) is 32.9 Å². The van der Waals surface area contributed by atoms with Crippen molar-refractivity contribution >= 4 is 23.2 Å². The molecule has 1 aliphatic heterocycles. The first-order valence-electron chi connectivity index (χ1n) is 11.5. The zero-order valence-electron chi connectivity index (χ0n) is 18.9. The normalized spacial score (nSPS) is 16.7. The number of carbonyl (C=O) groups excluding carboxylic acids is 2. The van der Waals surface area contributed by atoms with Gasteiger partial charge in [-0.1, -0.05) is 30.3 Å². The van der Waals surface area contributed by atoms with Crippen LogP contribution in [-0.4, -0.2) is 72.5 Å². The van der Waals surface area contributed by atoms with E-state index in [0.717, 1.165) is 51.3 Å². The molecular formula is C25H33N3O3S. The Morgan fingerprint density at radius 3 is 2.44 bits per heavy atom. The number of rotatable bonds is 10. The second kappa shape index (κ2) is 11.1. The molecule has 2 heterocycles. The number of ether oxygens (including phenoxy) is 1. The molecule has 0 bridgehead atoms. The van der Waals surface area contributed by atoms with E-state index in [9.17, 15) is 9.59 Å². The number of hydrogen-bond donors (Lipinski definition) is 0. The van der Waals surface area contributed by atoms with E-state index in [-0.39, 0.29) is 24.3 Å². The summed E-state index contributed by atoms with van der Waals surface area (Å²) in [5.41, 5.74) is 1.10. The predicted molar refractivity (Wildman–Crippen MR) is 126 cm³/mol. The first-order valence-corrected chi connectivity index (χ1v) is 12.4. The van der Waals surface area contributed by atoms with Crippen molar-refractivity contribution < 1.29 is 14.3 Å². The van der Waals surface area contributed by atoms with Gasteiger partial charge >= 0.3 is 0 Å². The lowest BCUT2D eigenvalue weighted by Crippen LogP contribution is -2.47. The van der Waals surface area contributed by atoms with E-state index in [4.69, 9.17) is 4.74 Å². The zero-order chi connectivity index (χ0) is 22.3. The standard InChI is InChI=1S/C25H33N3O3S/c1-20-7-10-23(32-20)18-28(17-21-5-3-2-4-6-21)24(29)19-27(25(30)22-8-9-22)12-11-26-13-15-31-16-14-26/h2-7,10,22H,8-9,11-19H2,1H3. The van der Waals surface area contributed by atoms with Crippen LogP contribution in [0.4, 0.5) is 0 Å². The smallest absolute Gasteiger partial charge is 0.242 e. The Hall–Kier alpha value is -2.22. The first-order chi connectivity index (χ1) is 15.6. The summed E-state index contributed by atoms with van der Waals surface area (Å²) in [5, 5.41) is 0. The molecule has 2 fully saturated rings. The van der Waals surface area contributed by atoms with Crippen LogP contribution in [0.3, 0.4) is 0 Å². The minimum absolute atomic E-state index is 0.0101. The monoisotopic (exact) mass is 455 g/mol. The Morgan fingerprint density at radius 1 is 1.03 bits per heavy atom. The van der Waals surface area contributed by atoms with E-state index in [1.54, 1.807) is 16.2 Å². The summed E-state index contributed by atoms with van der Waals surface area (Å²) in [6, 6.07) is 14.3. The number of benzene rings is 1. The van der Waals surface area contributed by atoms with Crippen molar-refractivity contribution in [1.29, 1.82) is 0 Å². The largest absolute Gasteiger partial charge is 0.379 e. The molecule has 1 saturated heterocycles. The quantitative estimate of drug-likeness (QED) is 0.552. The van der Waals surface area contributed by atoms with Crippen LogP contribution >= 0.6 is 11.3 Å². The van der Waals surface area contributed by atoms with Crippen molar-refractivity contribution in [3.8, 4) is 0 Å². The average Bonchev–Trinajstić information content (AvgIpc) is 3.59. The summed E-state index contributed by atoms with van der Waals surface area (Å²) >= 11 is 1.72. The van der Waals surface area contributed by atoms with E-state index in [1.807, 2.05) is 35.2 Å². The molecule has 0 unspecified atom stereocenters. The summed E-state index contributed by atoms with van der Waals surface area (Å²) in [6.45, 7) is 7.98. The molecular weight excluding hydrogens is 422 g/mol. The lowest BCUT2D eigenvalue weighted by Gasteiger charge is -2.31. The molecule has 4 rings (SSSR count). The Morgan fingerprint density at radius 2 is 1.78 bits per heavy atom. The van der Waals surface area contributed by atoms with Gasteiger partial charge in [-0.25, -0.2) is 0 Å². The molecule has 2 amide bonds. The average molecular weight is 456 g/mol. The van der Waals surface area contributed by atoms with Crippen LogP contribution in [0, 0.1) is 12.8 Å². The summed E-state index contributed by atoms with van der Waals surface area (Å²) in [4.78, 5) is 34.9. The maximum atomic E-state index is 13.5. The Bertz CT molecular complexity index is 891. The SMILES string of the molecule is Cc1ccc(CN(Cc2ccccc2)C(=O)CN(CCN2CCOCC2)C(=O)C2CC2)s1. The topological polar surface area (TPSA) is 53.1 Å². The second-order valence-electron chi connectivity index (χ2n) is 8.74. The molecule has 0 radical (unpaired) electrons. The number of nitrogens with zero attached hydrogens (tertiary/aromatic N) is 3. The van der Waals surface area contributed by atoms with E-state index >= 15 is 0 Å². The maximum Gasteiger partial charge on any atom is 0.242 e. The van der Waals surface area contributed by atoms with Crippen LogP contribution in [0.1, 0.15) is 28.2 Å². The summed E-state index contributed by atoms with van der Waals surface area (Å²) in [7, 11) is 0. The van der Waals surface area contributed by atoms with Crippen molar-refractivity contribution in [2.75, 3.05) is 45.9 Å². The van der Waals surface area contributed by atoms with Gasteiger partial charge in [0.25, 0.3) is 0 Å². The van der Waals surface area contributed by atoms with Crippen LogP contribution in [-0.2, 0) is 27.4 Å². The number of carbonyl (C=O) groups is 2. The van der Waals surface area contributed by atoms with Gasteiger partial charge in [-0.05, 0) is 37.5 Å². The maximum absolute atomic E-state index is 13.5. The molecule has 2 aliphatic rings. The minimum Gasteiger partial charge on any atom is -0.379 e. The molecule has 2 aromatic rings. The van der Waals surface area contributed by atoms with Crippen LogP contribution < -0.4 is 0 Å². The summed E-state index contributed by atoms with van der Waals surface area (Å²) in [5.74, 6) is 0.254. The molecule has 1 aromatic carbocycles. The molecule has 1 aliphatic carbocycles. The summed E-state index contributed by atoms with van der Waals surface area (Å²) in [6.07, 6.45) is 1.90. The van der Waals surface area contributed by atoms with Gasteiger partial charge < -0.3 is 14.5 Å². The molecule has 172 valence electrons. The van der Waals surface area contributed by atoms with Crippen molar-refractivity contribution in [2.24, 2.45) is 5.92 Å². The van der Waals surface area contributed by atoms with Crippen molar-refractivity contribution in [3.05, 3.63) is 57.8 Å². The van der Waals surface area contributed by atoms with Crippen LogP contribution in [0.25, 0.3) is 0 Å². The highest BCUT2D eigenvalue weighted by atomic mass is 32.1. The Balaban J connectivity index is 1.44. The third-order valence-corrected chi connectivity index (χ3v) is 7.05. The molecule has 6 nitrogen and oxygen atoms in total. The van der Waals surface area contributed by atoms with Gasteiger partial charge in [0.1, 0.15) is 0 Å². The third-order valence-electron chi connectivity index (χ3n) is 6.07. The number of aryl methyl sites for hydroxylation is 1. The van der Waals surface area contributed by atoms with Crippen molar-refractivity contribution in [1.82, 2.24) is 14.7 Å². The number of morpholine rings is 1. The van der Waals surface area contributed by atoms with Crippen LogP contribution in [0.15, 0.2) is 42.5 Å². The molecule has 0 atom stereocenters. The van der Waals surface area contributed by atoms with E-state index in [2.05, 4.69) is 24.0 Å². The van der Waals surface area contributed by atoms with Gasteiger partial charge in [-0.3, -0.25) is 14.5 Å². The molecule has 7 heteroatoms. The highest BCUT2D eigenvalue weighted by molar-refractivity contribution is 7.11. The fourth-order valence-electron chi connectivity index (χ4n) is 4.00. The first kappa shape index (κ1) is 23.0. The molecule has 1 saturated carbocycles. The lowest BCUT2D eigenvalue weighted by molar-refractivity contribution is -0.142. The van der Waals surface area contributed by atoms with Gasteiger partial charge in [-0.15, -0.1) is 11.3 Å². The van der Waals surface area contributed by atoms with E-state index in [1.165, 1.54) is 9.75 Å². The Kier molecular flexibility index (Phi) is 7.95. The van der Waals surface area contributed by atoms with Gasteiger partial charge in [0.15, 0.2) is 0 Å². The second-order valence-corrected chi connectivity index (χ2v) is 10.1. The van der Waals surface area contributed by atoms with Gasteiger partial charge in [0, 0.05) is 48.4 Å². The highest BCUT2D eigenvalue weighted by Crippen LogP contribution is 2.31. The fourth-order valence-corrected chi connectivity index (χ4v) is 4.91. The molecule has 1 aromatic heterocycles. The number of hydrogen-bond acceptors (Lipinski definition) is 5. The van der Waals surface area contributed by atoms with E-state index < -0.39 is 0 Å². The van der Waals surface area contributed by atoms with Gasteiger partial charge in [0.2, 0.25) is 11.8 Å². The zero-order valence-corrected chi connectivity index (χ0v) is 19.7. The minimum atomic E-state index is 0.0101. The molecule has 0 N–H and O–H groups in total. The van der Waals surface area contributed by atoms with Crippen molar-refractivity contribution in [3.63, 3.8) is 0 Å². The summed E-state index contributed by atoms with van der Waals surface area (Å²) < 4.78 is 5.43. The van der Waals surface area contributed by atoms with Crippen LogP contribution in [0.2, 0.25) is 0 Å². The van der Waals surface area contributed by atoms with E-state index in [0.29, 0.717) is 19.6 Å². The number of thiophene rings is 1. The predicted octanol–water partition coefficient (Wildman–Crippen LogP) is 3.16. The lowest BCUT2D eigenvalue weighted by atomic mass is 10.2. The molecule has 0 spiro atoms. The van der Waals surface area contributed by atoms with Gasteiger partial charge in [-0.2, -0.15) is 0 Å².